The molecule has 3 aromatic carbocycles. The Hall–Kier alpha value is -3.31. The molecule has 0 radical (unpaired) electrons. The van der Waals surface area contributed by atoms with Gasteiger partial charge in [0, 0.05) is 30.3 Å². The normalized spacial score (nSPS) is 11.5. The van der Waals surface area contributed by atoms with E-state index in [1.54, 1.807) is 0 Å². The van der Waals surface area contributed by atoms with Gasteiger partial charge in [0.25, 0.3) is 0 Å². The van der Waals surface area contributed by atoms with Crippen molar-refractivity contribution >= 4 is 34.7 Å². The molecule has 0 saturated heterocycles. The van der Waals surface area contributed by atoms with E-state index >= 15 is 0 Å². The van der Waals surface area contributed by atoms with E-state index in [0.29, 0.717) is 19.6 Å². The molecule has 3 nitrogen and oxygen atoms in total. The van der Waals surface area contributed by atoms with Crippen LogP contribution in [0.4, 0.5) is 8.78 Å². The second-order valence-electron chi connectivity index (χ2n) is 9.29. The Morgan fingerprint density at radius 2 is 1.66 bits per heavy atom. The number of aromatic nitrogens is 1. The minimum atomic E-state index is -0.826. The molecule has 0 aliphatic rings. The number of fused-ring (bicyclic) bond motifs is 1. The first-order valence-electron chi connectivity index (χ1n) is 13.3. The monoisotopic (exact) mass is 537 g/mol. The van der Waals surface area contributed by atoms with Crippen molar-refractivity contribution < 1.29 is 18.3 Å². The van der Waals surface area contributed by atoms with Crippen LogP contribution in [0, 0.1) is 11.6 Å². The minimum absolute atomic E-state index is 0.0183. The summed E-state index contributed by atoms with van der Waals surface area (Å²) < 4.78 is 40.4. The second-order valence-corrected chi connectivity index (χ2v) is 9.67. The van der Waals surface area contributed by atoms with Crippen molar-refractivity contribution in [3.63, 3.8) is 0 Å². The van der Waals surface area contributed by atoms with Gasteiger partial charge in [-0.2, -0.15) is 0 Å². The molecule has 0 N–H and O–H groups in total. The highest BCUT2D eigenvalue weighted by atomic mass is 35.5. The molecule has 0 fully saturated rings. The Morgan fingerprint density at radius 3 is 2.39 bits per heavy atom. The minimum Gasteiger partial charge on any atom is -0.494 e. The van der Waals surface area contributed by atoms with Crippen molar-refractivity contribution in [2.45, 2.75) is 52.5 Å². The molecule has 38 heavy (non-hydrogen) atoms. The van der Waals surface area contributed by atoms with Gasteiger partial charge in [0.2, 0.25) is 0 Å². The predicted molar refractivity (Wildman–Crippen MR) is 153 cm³/mol. The molecule has 4 aromatic rings. The molecule has 1 aromatic heterocycles. The number of aryl methyl sites for hydroxylation is 2. The van der Waals surface area contributed by atoms with E-state index in [9.17, 15) is 8.78 Å². The first-order valence-corrected chi connectivity index (χ1v) is 13.7. The zero-order valence-corrected chi connectivity index (χ0v) is 22.7. The third kappa shape index (κ3) is 6.96. The van der Waals surface area contributed by atoms with Crippen LogP contribution in [0.3, 0.4) is 0 Å². The fraction of sp³-hybridized carbons (Fsp3) is 0.312. The summed E-state index contributed by atoms with van der Waals surface area (Å²) in [5.41, 5.74) is 5.05. The average molecular weight is 538 g/mol. The second kappa shape index (κ2) is 13.5. The van der Waals surface area contributed by atoms with Gasteiger partial charge in [-0.1, -0.05) is 67.4 Å². The maximum Gasteiger partial charge on any atom is 0.148 e. The molecule has 1 heterocycles. The van der Waals surface area contributed by atoms with Crippen LogP contribution in [0.5, 0.6) is 11.5 Å². The van der Waals surface area contributed by atoms with Gasteiger partial charge in [-0.05, 0) is 61.4 Å². The van der Waals surface area contributed by atoms with Gasteiger partial charge in [0.15, 0.2) is 0 Å². The molecule has 0 saturated carbocycles. The summed E-state index contributed by atoms with van der Waals surface area (Å²) in [5.74, 6) is -0.731. The largest absolute Gasteiger partial charge is 0.494 e. The molecular formula is C32H34ClF2NO2. The summed E-state index contributed by atoms with van der Waals surface area (Å²) >= 11 is 5.81. The maximum absolute atomic E-state index is 13.5. The van der Waals surface area contributed by atoms with E-state index in [2.05, 4.69) is 55.0 Å². The molecular weight excluding hydrogens is 504 g/mol. The molecule has 0 spiro atoms. The number of hydrogen-bond acceptors (Lipinski definition) is 2. The first kappa shape index (κ1) is 27.7. The third-order valence-corrected chi connectivity index (χ3v) is 6.88. The van der Waals surface area contributed by atoms with Crippen LogP contribution in [-0.4, -0.2) is 17.8 Å². The molecule has 4 rings (SSSR count). The summed E-state index contributed by atoms with van der Waals surface area (Å²) in [5, 5.41) is 1.15. The topological polar surface area (TPSA) is 23.4 Å². The number of para-hydroxylation sites is 1. The van der Waals surface area contributed by atoms with Crippen LogP contribution in [0.2, 0.25) is 5.02 Å². The van der Waals surface area contributed by atoms with E-state index in [1.165, 1.54) is 34.9 Å². The molecule has 0 aliphatic carbocycles. The first-order chi connectivity index (χ1) is 18.5. The lowest BCUT2D eigenvalue weighted by Gasteiger charge is -2.09. The van der Waals surface area contributed by atoms with Gasteiger partial charge < -0.3 is 14.0 Å². The summed E-state index contributed by atoms with van der Waals surface area (Å²) in [4.78, 5) is 0. The number of benzene rings is 3. The third-order valence-electron chi connectivity index (χ3n) is 6.51. The van der Waals surface area contributed by atoms with Crippen LogP contribution < -0.4 is 9.47 Å². The predicted octanol–water partition coefficient (Wildman–Crippen LogP) is 9.34. The smallest absolute Gasteiger partial charge is 0.148 e. The lowest BCUT2D eigenvalue weighted by atomic mass is 10.0. The number of halogens is 3. The van der Waals surface area contributed by atoms with Crippen LogP contribution in [0.25, 0.3) is 23.1 Å². The van der Waals surface area contributed by atoms with Crippen LogP contribution in [0.15, 0.2) is 60.8 Å². The Balaban J connectivity index is 1.29. The number of hydrogen-bond donors (Lipinski definition) is 0. The lowest BCUT2D eigenvalue weighted by Crippen LogP contribution is -2.03. The highest BCUT2D eigenvalue weighted by Crippen LogP contribution is 2.29. The summed E-state index contributed by atoms with van der Waals surface area (Å²) in [6.07, 6.45) is 11.5. The van der Waals surface area contributed by atoms with Crippen molar-refractivity contribution in [3.05, 3.63) is 94.1 Å². The standard InChI is InChI=1S/C32H34ClF2NO2/c1-3-5-9-25-22-36(4-2)32-24(10-8-11-28(25)32)15-12-23-13-16-27(17-14-23)37-18-6-7-19-38-30-21-26(34)20-29(35)31(30)33/h8,10-17,20-22H,3-7,9,18-19H2,1-2H3/b15-12+. The van der Waals surface area contributed by atoms with Crippen LogP contribution >= 0.6 is 11.6 Å². The average Bonchev–Trinajstić information content (AvgIpc) is 3.29. The van der Waals surface area contributed by atoms with Crippen molar-refractivity contribution in [2.75, 3.05) is 13.2 Å². The summed E-state index contributed by atoms with van der Waals surface area (Å²) in [7, 11) is 0. The molecule has 6 heteroatoms. The SMILES string of the molecule is CCCCc1cn(CC)c2c(/C=C/c3ccc(OCCCCOc4cc(F)cc(F)c4Cl)cc3)cccc12. The van der Waals surface area contributed by atoms with E-state index in [1.807, 2.05) is 24.3 Å². The van der Waals surface area contributed by atoms with Crippen molar-refractivity contribution in [1.82, 2.24) is 4.57 Å². The molecule has 200 valence electrons. The number of rotatable bonds is 13. The van der Waals surface area contributed by atoms with Gasteiger partial charge in [0.1, 0.15) is 28.2 Å². The summed E-state index contributed by atoms with van der Waals surface area (Å²) in [6.45, 7) is 6.18. The van der Waals surface area contributed by atoms with Crippen LogP contribution in [-0.2, 0) is 13.0 Å². The van der Waals surface area contributed by atoms with E-state index < -0.39 is 11.6 Å². The van der Waals surface area contributed by atoms with Crippen molar-refractivity contribution in [1.29, 1.82) is 0 Å². The van der Waals surface area contributed by atoms with Gasteiger partial charge in [-0.3, -0.25) is 0 Å². The molecule has 0 bridgehead atoms. The number of nitrogens with zero attached hydrogens (tertiary/aromatic N) is 1. The molecule has 0 aliphatic heterocycles. The Bertz CT molecular complexity index is 1380. The highest BCUT2D eigenvalue weighted by molar-refractivity contribution is 6.32. The maximum atomic E-state index is 13.5. The van der Waals surface area contributed by atoms with E-state index in [-0.39, 0.29) is 10.8 Å². The van der Waals surface area contributed by atoms with Crippen LogP contribution in [0.1, 0.15) is 56.2 Å². The fourth-order valence-electron chi connectivity index (χ4n) is 4.49. The molecule has 0 atom stereocenters. The van der Waals surface area contributed by atoms with Gasteiger partial charge in [-0.15, -0.1) is 0 Å². The Kier molecular flexibility index (Phi) is 9.83. The molecule has 0 unspecified atom stereocenters. The quantitative estimate of drug-likeness (QED) is 0.0963. The lowest BCUT2D eigenvalue weighted by molar-refractivity contribution is 0.265. The molecule has 0 amide bonds. The van der Waals surface area contributed by atoms with E-state index in [0.717, 1.165) is 42.8 Å². The van der Waals surface area contributed by atoms with Crippen molar-refractivity contribution in [2.24, 2.45) is 0 Å². The fourth-order valence-corrected chi connectivity index (χ4v) is 4.65. The zero-order valence-electron chi connectivity index (χ0n) is 22.0. The van der Waals surface area contributed by atoms with Crippen molar-refractivity contribution in [3.8, 4) is 11.5 Å². The zero-order chi connectivity index (χ0) is 26.9. The summed E-state index contributed by atoms with van der Waals surface area (Å²) in [6, 6.07) is 16.4. The van der Waals surface area contributed by atoms with Gasteiger partial charge in [0.05, 0.1) is 18.7 Å². The van der Waals surface area contributed by atoms with Gasteiger partial charge in [-0.25, -0.2) is 8.78 Å². The number of ether oxygens (including phenoxy) is 2. The van der Waals surface area contributed by atoms with E-state index in [4.69, 9.17) is 21.1 Å². The number of unbranched alkanes of at least 4 members (excludes halogenated alkanes) is 2. The Morgan fingerprint density at radius 1 is 0.895 bits per heavy atom. The highest BCUT2D eigenvalue weighted by Gasteiger charge is 2.11. The van der Waals surface area contributed by atoms with Gasteiger partial charge >= 0.3 is 0 Å². The Labute approximate surface area is 228 Å².